The van der Waals surface area contributed by atoms with Gasteiger partial charge in [-0.1, -0.05) is 38.1 Å². The van der Waals surface area contributed by atoms with Gasteiger partial charge in [-0.3, -0.25) is 0 Å². The molecule has 2 aliphatic carbocycles. The molecule has 0 aromatic heterocycles. The maximum absolute atomic E-state index is 6.49. The highest BCUT2D eigenvalue weighted by Crippen LogP contribution is 2.37. The second-order valence-corrected chi connectivity index (χ2v) is 6.73. The normalized spacial score (nSPS) is 36.9. The molecule has 5 unspecified atom stereocenters. The van der Waals surface area contributed by atoms with Gasteiger partial charge in [0.05, 0.1) is 18.2 Å². The van der Waals surface area contributed by atoms with Crippen LogP contribution in [0.15, 0.2) is 24.3 Å². The van der Waals surface area contributed by atoms with Gasteiger partial charge in [-0.2, -0.15) is 0 Å². The average Bonchev–Trinajstić information content (AvgIpc) is 2.80. The minimum Gasteiger partial charge on any atom is -0.373 e. The highest BCUT2D eigenvalue weighted by atomic mass is 16.5. The summed E-state index contributed by atoms with van der Waals surface area (Å²) in [7, 11) is 2.05. The van der Waals surface area contributed by atoms with Gasteiger partial charge < -0.3 is 10.1 Å². The second kappa shape index (κ2) is 5.87. The van der Waals surface area contributed by atoms with Gasteiger partial charge in [0.1, 0.15) is 0 Å². The molecule has 0 aliphatic heterocycles. The van der Waals surface area contributed by atoms with E-state index in [1.807, 2.05) is 0 Å². The highest BCUT2D eigenvalue weighted by molar-refractivity contribution is 5.36. The van der Waals surface area contributed by atoms with Gasteiger partial charge in [0.25, 0.3) is 0 Å². The van der Waals surface area contributed by atoms with E-state index in [9.17, 15) is 0 Å². The molecule has 20 heavy (non-hydrogen) atoms. The van der Waals surface area contributed by atoms with Crippen LogP contribution in [0.3, 0.4) is 0 Å². The van der Waals surface area contributed by atoms with Crippen LogP contribution in [-0.4, -0.2) is 19.3 Å². The van der Waals surface area contributed by atoms with E-state index >= 15 is 0 Å². The highest BCUT2D eigenvalue weighted by Gasteiger charge is 2.35. The molecule has 5 atom stereocenters. The number of likely N-dealkylation sites (N-methyl/N-ethyl adjacent to an activating group) is 1. The third-order valence-corrected chi connectivity index (χ3v) is 5.41. The van der Waals surface area contributed by atoms with Gasteiger partial charge >= 0.3 is 0 Å². The summed E-state index contributed by atoms with van der Waals surface area (Å²) in [5.74, 6) is 1.65. The quantitative estimate of drug-likeness (QED) is 0.906. The van der Waals surface area contributed by atoms with Gasteiger partial charge in [-0.25, -0.2) is 0 Å². The molecule has 0 amide bonds. The zero-order chi connectivity index (χ0) is 14.1. The third-order valence-electron chi connectivity index (χ3n) is 5.41. The van der Waals surface area contributed by atoms with Crippen LogP contribution in [0.25, 0.3) is 0 Å². The van der Waals surface area contributed by atoms with Crippen molar-refractivity contribution in [1.29, 1.82) is 0 Å². The lowest BCUT2D eigenvalue weighted by Gasteiger charge is -2.34. The number of ether oxygens (including phenoxy) is 1. The Balaban J connectivity index is 1.67. The molecule has 3 rings (SSSR count). The monoisotopic (exact) mass is 273 g/mol. The number of hydrogen-bond donors (Lipinski definition) is 1. The molecule has 2 heteroatoms. The first-order chi connectivity index (χ1) is 9.69. The summed E-state index contributed by atoms with van der Waals surface area (Å²) in [6.07, 6.45) is 5.59. The number of hydrogen-bond acceptors (Lipinski definition) is 2. The molecule has 2 aliphatic rings. The molecule has 2 nitrogen and oxygen atoms in total. The first-order valence-electron chi connectivity index (χ1n) is 8.09. The molecule has 1 aromatic carbocycles. The van der Waals surface area contributed by atoms with Gasteiger partial charge in [0.15, 0.2) is 0 Å². The minimum atomic E-state index is 0.308. The SMILES string of the molecule is CNC1c2ccccc2CC1OC1CCC(C)C(C)C1. The smallest absolute Gasteiger partial charge is 0.0813 e. The first-order valence-corrected chi connectivity index (χ1v) is 8.09. The molecule has 0 bridgehead atoms. The van der Waals surface area contributed by atoms with Crippen molar-refractivity contribution in [3.63, 3.8) is 0 Å². The molecule has 1 saturated carbocycles. The fraction of sp³-hybridized carbons (Fsp3) is 0.667. The van der Waals surface area contributed by atoms with Crippen LogP contribution in [0.2, 0.25) is 0 Å². The van der Waals surface area contributed by atoms with Crippen LogP contribution in [0, 0.1) is 11.8 Å². The van der Waals surface area contributed by atoms with Crippen molar-refractivity contribution in [3.8, 4) is 0 Å². The van der Waals surface area contributed by atoms with Gasteiger partial charge in [-0.15, -0.1) is 0 Å². The lowest BCUT2D eigenvalue weighted by Crippen LogP contribution is -2.35. The average molecular weight is 273 g/mol. The van der Waals surface area contributed by atoms with Crippen LogP contribution >= 0.6 is 0 Å². The van der Waals surface area contributed by atoms with E-state index < -0.39 is 0 Å². The largest absolute Gasteiger partial charge is 0.373 e. The Kier molecular flexibility index (Phi) is 4.13. The van der Waals surface area contributed by atoms with Gasteiger partial charge in [-0.05, 0) is 49.3 Å². The molecular weight excluding hydrogens is 246 g/mol. The van der Waals surface area contributed by atoms with E-state index in [1.165, 1.54) is 30.4 Å². The van der Waals surface area contributed by atoms with Gasteiger partial charge in [0, 0.05) is 6.42 Å². The van der Waals surface area contributed by atoms with Crippen LogP contribution in [0.4, 0.5) is 0 Å². The number of rotatable bonds is 3. The van der Waals surface area contributed by atoms with E-state index in [0.29, 0.717) is 18.2 Å². The lowest BCUT2D eigenvalue weighted by atomic mass is 9.80. The van der Waals surface area contributed by atoms with Crippen molar-refractivity contribution in [3.05, 3.63) is 35.4 Å². The molecule has 1 N–H and O–H groups in total. The zero-order valence-electron chi connectivity index (χ0n) is 12.9. The third kappa shape index (κ3) is 2.64. The summed E-state index contributed by atoms with van der Waals surface area (Å²) >= 11 is 0. The maximum Gasteiger partial charge on any atom is 0.0813 e. The summed E-state index contributed by atoms with van der Waals surface area (Å²) in [6.45, 7) is 4.75. The van der Waals surface area contributed by atoms with Crippen LogP contribution in [0.5, 0.6) is 0 Å². The predicted octanol–water partition coefficient (Wildman–Crippen LogP) is 3.71. The Hall–Kier alpha value is -0.860. The Labute approximate surface area is 122 Å². The second-order valence-electron chi connectivity index (χ2n) is 6.73. The molecule has 0 radical (unpaired) electrons. The molecule has 0 spiro atoms. The van der Waals surface area contributed by atoms with E-state index in [-0.39, 0.29) is 0 Å². The number of benzene rings is 1. The van der Waals surface area contributed by atoms with Crippen molar-refractivity contribution in [2.24, 2.45) is 11.8 Å². The topological polar surface area (TPSA) is 21.3 Å². The zero-order valence-corrected chi connectivity index (χ0v) is 12.9. The molecule has 0 saturated heterocycles. The Morgan fingerprint density at radius 1 is 1.10 bits per heavy atom. The number of fused-ring (bicyclic) bond motifs is 1. The number of nitrogens with one attached hydrogen (secondary N) is 1. The summed E-state index contributed by atoms with van der Waals surface area (Å²) in [5.41, 5.74) is 2.88. The fourth-order valence-electron chi connectivity index (χ4n) is 3.90. The summed E-state index contributed by atoms with van der Waals surface area (Å²) < 4.78 is 6.49. The van der Waals surface area contributed by atoms with Crippen molar-refractivity contribution in [2.75, 3.05) is 7.05 Å². The summed E-state index contributed by atoms with van der Waals surface area (Å²) in [4.78, 5) is 0. The first kappa shape index (κ1) is 14.1. The van der Waals surface area contributed by atoms with E-state index in [0.717, 1.165) is 18.3 Å². The van der Waals surface area contributed by atoms with E-state index in [4.69, 9.17) is 4.74 Å². The maximum atomic E-state index is 6.49. The van der Waals surface area contributed by atoms with E-state index in [2.05, 4.69) is 50.5 Å². The standard InChI is InChI=1S/C18H27NO/c1-12-8-9-15(10-13(12)2)20-17-11-14-6-4-5-7-16(14)18(17)19-3/h4-7,12-13,15,17-19H,8-11H2,1-3H3. The van der Waals surface area contributed by atoms with Crippen LogP contribution < -0.4 is 5.32 Å². The molecule has 110 valence electrons. The van der Waals surface area contributed by atoms with Crippen LogP contribution in [-0.2, 0) is 11.2 Å². The molecule has 1 aromatic rings. The van der Waals surface area contributed by atoms with Gasteiger partial charge in [0.2, 0.25) is 0 Å². The fourth-order valence-corrected chi connectivity index (χ4v) is 3.90. The van der Waals surface area contributed by atoms with Crippen molar-refractivity contribution >= 4 is 0 Å². The summed E-state index contributed by atoms with van der Waals surface area (Å²) in [6, 6.07) is 9.12. The summed E-state index contributed by atoms with van der Waals surface area (Å²) in [5, 5.41) is 3.45. The van der Waals surface area contributed by atoms with E-state index in [1.54, 1.807) is 0 Å². The lowest BCUT2D eigenvalue weighted by molar-refractivity contribution is -0.0560. The van der Waals surface area contributed by atoms with Crippen LogP contribution in [0.1, 0.15) is 50.3 Å². The minimum absolute atomic E-state index is 0.308. The molecule has 1 fully saturated rings. The Morgan fingerprint density at radius 3 is 2.65 bits per heavy atom. The Morgan fingerprint density at radius 2 is 1.90 bits per heavy atom. The molecular formula is C18H27NO. The molecule has 0 heterocycles. The predicted molar refractivity (Wildman–Crippen MR) is 82.8 cm³/mol. The van der Waals surface area contributed by atoms with Crippen molar-refractivity contribution < 1.29 is 4.74 Å². The van der Waals surface area contributed by atoms with Crippen molar-refractivity contribution in [1.82, 2.24) is 5.32 Å². The van der Waals surface area contributed by atoms with Crippen molar-refractivity contribution in [2.45, 2.75) is 57.8 Å². The Bertz CT molecular complexity index is 458.